The highest BCUT2D eigenvalue weighted by Gasteiger charge is 2.28. The predicted octanol–water partition coefficient (Wildman–Crippen LogP) is 1.95. The van der Waals surface area contributed by atoms with Gasteiger partial charge in [0.15, 0.2) is 0 Å². The first-order valence-electron chi connectivity index (χ1n) is 6.20. The van der Waals surface area contributed by atoms with Crippen molar-refractivity contribution in [1.29, 1.82) is 0 Å². The second-order valence-corrected chi connectivity index (χ2v) is 5.19. The van der Waals surface area contributed by atoms with E-state index in [2.05, 4.69) is 10.1 Å². The molecular formula is C13H18NO7P. The summed E-state index contributed by atoms with van der Waals surface area (Å²) in [6.45, 7) is 0.0594. The summed E-state index contributed by atoms with van der Waals surface area (Å²) >= 11 is 0. The van der Waals surface area contributed by atoms with Crippen molar-refractivity contribution in [3.8, 4) is 0 Å². The Hall–Kier alpha value is -1.73. The van der Waals surface area contributed by atoms with Crippen molar-refractivity contribution in [2.75, 3.05) is 21.3 Å². The summed E-state index contributed by atoms with van der Waals surface area (Å²) in [5.41, 5.74) is 0.809. The molecule has 122 valence electrons. The summed E-state index contributed by atoms with van der Waals surface area (Å²) in [5.74, 6) is -0.807. The van der Waals surface area contributed by atoms with Gasteiger partial charge in [0, 0.05) is 14.2 Å². The lowest BCUT2D eigenvalue weighted by Crippen LogP contribution is -2.42. The minimum Gasteiger partial charge on any atom is -0.466 e. The number of carbonyl (C=O) groups excluding carboxylic acids is 2. The standard InChI is InChI=1S/C13H18NO7P/c1-17-12(15)11(21-22(18-2)19-3)14-13(16)20-9-10-7-5-4-6-8-10/h4-8,11H,9H2,1-3H3,(H,14,16). The van der Waals surface area contributed by atoms with Crippen LogP contribution in [0, 0.1) is 0 Å². The lowest BCUT2D eigenvalue weighted by Gasteiger charge is -2.19. The number of amides is 1. The average Bonchev–Trinajstić information content (AvgIpc) is 2.56. The van der Waals surface area contributed by atoms with Crippen LogP contribution < -0.4 is 5.32 Å². The molecule has 0 heterocycles. The van der Waals surface area contributed by atoms with Crippen LogP contribution in [0.15, 0.2) is 30.3 Å². The van der Waals surface area contributed by atoms with Gasteiger partial charge in [-0.15, -0.1) is 0 Å². The van der Waals surface area contributed by atoms with E-state index >= 15 is 0 Å². The summed E-state index contributed by atoms with van der Waals surface area (Å²) in [7, 11) is 2.06. The van der Waals surface area contributed by atoms with Crippen LogP contribution in [0.1, 0.15) is 5.56 Å². The van der Waals surface area contributed by atoms with E-state index in [1.807, 2.05) is 18.2 Å². The third kappa shape index (κ3) is 6.36. The van der Waals surface area contributed by atoms with Crippen LogP contribution in [0.3, 0.4) is 0 Å². The lowest BCUT2D eigenvalue weighted by atomic mass is 10.2. The number of nitrogens with one attached hydrogen (secondary N) is 1. The number of hydrogen-bond donors (Lipinski definition) is 1. The van der Waals surface area contributed by atoms with Crippen molar-refractivity contribution in [1.82, 2.24) is 5.32 Å². The molecule has 0 radical (unpaired) electrons. The summed E-state index contributed by atoms with van der Waals surface area (Å²) in [5, 5.41) is 2.24. The van der Waals surface area contributed by atoms with E-state index in [9.17, 15) is 9.59 Å². The number of methoxy groups -OCH3 is 1. The van der Waals surface area contributed by atoms with Gasteiger partial charge < -0.3 is 18.5 Å². The zero-order chi connectivity index (χ0) is 16.4. The maximum Gasteiger partial charge on any atom is 0.409 e. The first-order valence-corrected chi connectivity index (χ1v) is 7.30. The molecule has 1 unspecified atom stereocenters. The second-order valence-electron chi connectivity index (χ2n) is 3.80. The maximum absolute atomic E-state index is 11.7. The van der Waals surface area contributed by atoms with Crippen molar-refractivity contribution < 1.29 is 32.6 Å². The van der Waals surface area contributed by atoms with Gasteiger partial charge in [0.2, 0.25) is 6.23 Å². The van der Waals surface area contributed by atoms with Crippen LogP contribution in [-0.2, 0) is 34.4 Å². The van der Waals surface area contributed by atoms with E-state index in [1.54, 1.807) is 12.1 Å². The quantitative estimate of drug-likeness (QED) is 0.442. The first kappa shape index (κ1) is 18.3. The third-order valence-electron chi connectivity index (χ3n) is 2.37. The van der Waals surface area contributed by atoms with Crippen molar-refractivity contribution in [2.24, 2.45) is 0 Å². The highest BCUT2D eigenvalue weighted by atomic mass is 31.2. The molecule has 0 saturated heterocycles. The summed E-state index contributed by atoms with van der Waals surface area (Å²) in [6.07, 6.45) is -2.22. The molecule has 0 bridgehead atoms. The molecule has 1 rings (SSSR count). The lowest BCUT2D eigenvalue weighted by molar-refractivity contribution is -0.150. The summed E-state index contributed by atoms with van der Waals surface area (Å²) in [6, 6.07) is 9.10. The van der Waals surface area contributed by atoms with Crippen LogP contribution in [0.2, 0.25) is 0 Å². The topological polar surface area (TPSA) is 92.3 Å². The molecular weight excluding hydrogens is 313 g/mol. The molecule has 8 nitrogen and oxygen atoms in total. The summed E-state index contributed by atoms with van der Waals surface area (Å²) in [4.78, 5) is 23.3. The van der Waals surface area contributed by atoms with Gasteiger partial charge in [-0.2, -0.15) is 0 Å². The first-order chi connectivity index (χ1) is 10.6. The molecule has 1 aromatic rings. The molecule has 0 aliphatic rings. The van der Waals surface area contributed by atoms with Gasteiger partial charge >= 0.3 is 20.7 Å². The van der Waals surface area contributed by atoms with E-state index in [-0.39, 0.29) is 6.61 Å². The van der Waals surface area contributed by atoms with Crippen LogP contribution in [0.5, 0.6) is 0 Å². The van der Waals surface area contributed by atoms with Gasteiger partial charge in [0.1, 0.15) is 6.61 Å². The molecule has 1 N–H and O–H groups in total. The molecule has 0 saturated carbocycles. The Bertz CT molecular complexity index is 467. The number of rotatable bonds is 8. The molecule has 1 amide bonds. The van der Waals surface area contributed by atoms with Crippen LogP contribution >= 0.6 is 8.60 Å². The number of hydrogen-bond acceptors (Lipinski definition) is 7. The Morgan fingerprint density at radius 3 is 2.32 bits per heavy atom. The van der Waals surface area contributed by atoms with Crippen molar-refractivity contribution in [3.63, 3.8) is 0 Å². The minimum atomic E-state index is -1.79. The fraction of sp³-hybridized carbons (Fsp3) is 0.385. The van der Waals surface area contributed by atoms with Gasteiger partial charge in [-0.25, -0.2) is 9.59 Å². The molecule has 0 aromatic heterocycles. The molecule has 22 heavy (non-hydrogen) atoms. The molecule has 9 heteroatoms. The van der Waals surface area contributed by atoms with Crippen LogP contribution in [-0.4, -0.2) is 39.6 Å². The summed E-state index contributed by atoms with van der Waals surface area (Å²) < 4.78 is 24.4. The van der Waals surface area contributed by atoms with Crippen LogP contribution in [0.25, 0.3) is 0 Å². The number of carbonyl (C=O) groups is 2. The maximum atomic E-state index is 11.7. The second kappa shape index (κ2) is 10.1. The monoisotopic (exact) mass is 331 g/mol. The van der Waals surface area contributed by atoms with E-state index < -0.39 is 26.9 Å². The molecule has 1 aromatic carbocycles. The van der Waals surface area contributed by atoms with Crippen LogP contribution in [0.4, 0.5) is 4.79 Å². The zero-order valence-electron chi connectivity index (χ0n) is 12.5. The average molecular weight is 331 g/mol. The van der Waals surface area contributed by atoms with E-state index in [0.29, 0.717) is 0 Å². The minimum absolute atomic E-state index is 0.0594. The van der Waals surface area contributed by atoms with E-state index in [4.69, 9.17) is 18.3 Å². The largest absolute Gasteiger partial charge is 0.466 e. The number of alkyl carbamates (subject to hydrolysis) is 1. The Morgan fingerprint density at radius 1 is 1.14 bits per heavy atom. The molecule has 0 aliphatic carbocycles. The number of benzene rings is 1. The van der Waals surface area contributed by atoms with Gasteiger partial charge in [-0.3, -0.25) is 9.84 Å². The predicted molar refractivity (Wildman–Crippen MR) is 77.6 cm³/mol. The van der Waals surface area contributed by atoms with Gasteiger partial charge in [-0.1, -0.05) is 30.3 Å². The van der Waals surface area contributed by atoms with Crippen molar-refractivity contribution in [2.45, 2.75) is 12.8 Å². The SMILES string of the molecule is COC(=O)C(NC(=O)OCc1ccccc1)OP(OC)OC. The molecule has 1 atom stereocenters. The molecule has 0 fully saturated rings. The highest BCUT2D eigenvalue weighted by molar-refractivity contribution is 7.41. The smallest absolute Gasteiger partial charge is 0.409 e. The number of ether oxygens (including phenoxy) is 2. The van der Waals surface area contributed by atoms with Gasteiger partial charge in [0.05, 0.1) is 7.11 Å². The van der Waals surface area contributed by atoms with Gasteiger partial charge in [0.25, 0.3) is 0 Å². The third-order valence-corrected chi connectivity index (χ3v) is 3.35. The van der Waals surface area contributed by atoms with Gasteiger partial charge in [-0.05, 0) is 5.56 Å². The van der Waals surface area contributed by atoms with Crippen molar-refractivity contribution in [3.05, 3.63) is 35.9 Å². The Labute approximate surface area is 129 Å². The van der Waals surface area contributed by atoms with E-state index in [1.165, 1.54) is 14.2 Å². The Balaban J connectivity index is 2.53. The highest BCUT2D eigenvalue weighted by Crippen LogP contribution is 2.38. The fourth-order valence-corrected chi connectivity index (χ4v) is 1.99. The van der Waals surface area contributed by atoms with Crippen molar-refractivity contribution >= 4 is 20.7 Å². The zero-order valence-corrected chi connectivity index (χ0v) is 13.4. The Kier molecular flexibility index (Phi) is 8.39. The fourth-order valence-electron chi connectivity index (χ4n) is 1.35. The van der Waals surface area contributed by atoms with E-state index in [0.717, 1.165) is 12.7 Å². The number of esters is 1. The molecule has 0 aliphatic heterocycles. The Morgan fingerprint density at radius 2 is 1.77 bits per heavy atom. The normalized spacial score (nSPS) is 11.8. The molecule has 0 spiro atoms.